The van der Waals surface area contributed by atoms with Crippen molar-refractivity contribution in [2.75, 3.05) is 24.5 Å². The normalized spacial score (nSPS) is 14.0. The van der Waals surface area contributed by atoms with Crippen molar-refractivity contribution in [3.8, 4) is 0 Å². The van der Waals surface area contributed by atoms with Crippen molar-refractivity contribution in [3.05, 3.63) is 29.8 Å². The summed E-state index contributed by atoms with van der Waals surface area (Å²) in [5, 5.41) is 5.10. The maximum atomic E-state index is 11.7. The molecule has 1 aromatic carbocycles. The van der Waals surface area contributed by atoms with Gasteiger partial charge in [-0.1, -0.05) is 12.1 Å². The summed E-state index contributed by atoms with van der Waals surface area (Å²) in [6.07, 6.45) is 1.50. The quantitative estimate of drug-likeness (QED) is 0.659. The van der Waals surface area contributed by atoms with Crippen LogP contribution in [0.2, 0.25) is 0 Å². The molecule has 3 amide bonds. The lowest BCUT2D eigenvalue weighted by Crippen LogP contribution is -2.39. The average Bonchev–Trinajstić information content (AvgIpc) is 2.97. The van der Waals surface area contributed by atoms with Gasteiger partial charge in [-0.2, -0.15) is 0 Å². The molecule has 1 fully saturated rings. The molecule has 0 spiro atoms. The van der Waals surface area contributed by atoms with Crippen molar-refractivity contribution >= 4 is 23.4 Å². The highest BCUT2D eigenvalue weighted by Gasteiger charge is 2.21. The molecule has 1 aliphatic rings. The van der Waals surface area contributed by atoms with Crippen LogP contribution in [0.5, 0.6) is 0 Å². The number of carbonyl (C=O) groups excluding carboxylic acids is 3. The number of hydrogen-bond donors (Lipinski definition) is 3. The van der Waals surface area contributed by atoms with Crippen LogP contribution in [0.3, 0.4) is 0 Å². The van der Waals surface area contributed by atoms with Crippen LogP contribution < -0.4 is 21.3 Å². The highest BCUT2D eigenvalue weighted by Crippen LogP contribution is 2.21. The first kappa shape index (κ1) is 16.0. The molecule has 1 heterocycles. The van der Waals surface area contributed by atoms with E-state index < -0.39 is 0 Å². The largest absolute Gasteiger partial charge is 0.350 e. The van der Waals surface area contributed by atoms with Crippen molar-refractivity contribution in [1.29, 1.82) is 0 Å². The van der Waals surface area contributed by atoms with Crippen molar-refractivity contribution in [3.63, 3.8) is 0 Å². The summed E-state index contributed by atoms with van der Waals surface area (Å²) in [4.78, 5) is 35.9. The minimum atomic E-state index is -0.366. The van der Waals surface area contributed by atoms with Crippen molar-refractivity contribution < 1.29 is 14.4 Å². The Kier molecular flexibility index (Phi) is 5.48. The van der Waals surface area contributed by atoms with Gasteiger partial charge in [0.05, 0.1) is 13.1 Å². The third-order valence-electron chi connectivity index (χ3n) is 3.44. The Labute approximate surface area is 128 Å². The van der Waals surface area contributed by atoms with Gasteiger partial charge in [0, 0.05) is 25.2 Å². The molecule has 0 atom stereocenters. The molecule has 0 radical (unpaired) electrons. The molecule has 1 saturated heterocycles. The molecule has 4 N–H and O–H groups in total. The van der Waals surface area contributed by atoms with Crippen LogP contribution in [0.25, 0.3) is 0 Å². The van der Waals surface area contributed by atoms with E-state index in [2.05, 4.69) is 10.6 Å². The Morgan fingerprint density at radius 3 is 2.45 bits per heavy atom. The lowest BCUT2D eigenvalue weighted by atomic mass is 10.2. The van der Waals surface area contributed by atoms with Crippen molar-refractivity contribution in [2.24, 2.45) is 5.73 Å². The third-order valence-corrected chi connectivity index (χ3v) is 3.44. The first-order valence-corrected chi connectivity index (χ1v) is 7.23. The Bertz CT molecular complexity index is 556. The molecule has 7 heteroatoms. The van der Waals surface area contributed by atoms with Crippen LogP contribution in [-0.4, -0.2) is 37.4 Å². The molecule has 0 aromatic heterocycles. The van der Waals surface area contributed by atoms with Crippen LogP contribution in [0.15, 0.2) is 24.3 Å². The molecule has 1 aromatic rings. The van der Waals surface area contributed by atoms with E-state index >= 15 is 0 Å². The zero-order chi connectivity index (χ0) is 15.9. The van der Waals surface area contributed by atoms with Crippen LogP contribution in [0, 0.1) is 0 Å². The molecule has 0 bridgehead atoms. The van der Waals surface area contributed by atoms with Gasteiger partial charge in [-0.3, -0.25) is 14.4 Å². The van der Waals surface area contributed by atoms with Crippen molar-refractivity contribution in [1.82, 2.24) is 10.6 Å². The lowest BCUT2D eigenvalue weighted by molar-refractivity contribution is -0.125. The maximum Gasteiger partial charge on any atom is 0.239 e. The van der Waals surface area contributed by atoms with E-state index in [1.165, 1.54) is 0 Å². The fourth-order valence-corrected chi connectivity index (χ4v) is 2.23. The molecule has 7 nitrogen and oxygen atoms in total. The molecule has 1 aliphatic heterocycles. The van der Waals surface area contributed by atoms with E-state index in [0.717, 1.165) is 24.2 Å². The van der Waals surface area contributed by atoms with Gasteiger partial charge < -0.3 is 21.3 Å². The average molecular weight is 304 g/mol. The second kappa shape index (κ2) is 7.56. The summed E-state index contributed by atoms with van der Waals surface area (Å²) < 4.78 is 0. The predicted octanol–water partition coefficient (Wildman–Crippen LogP) is -0.495. The van der Waals surface area contributed by atoms with Crippen LogP contribution in [0.1, 0.15) is 18.4 Å². The van der Waals surface area contributed by atoms with E-state index in [1.54, 1.807) is 4.90 Å². The Hall–Kier alpha value is -2.41. The number of nitrogens with two attached hydrogens (primary N) is 1. The second-order valence-corrected chi connectivity index (χ2v) is 5.07. The predicted molar refractivity (Wildman–Crippen MR) is 81.9 cm³/mol. The summed E-state index contributed by atoms with van der Waals surface area (Å²) in [6.45, 7) is 0.904. The third kappa shape index (κ3) is 4.29. The van der Waals surface area contributed by atoms with Crippen LogP contribution >= 0.6 is 0 Å². The molecule has 0 unspecified atom stereocenters. The summed E-state index contributed by atoms with van der Waals surface area (Å²) in [5.74, 6) is -0.493. The van der Waals surface area contributed by atoms with Gasteiger partial charge in [-0.15, -0.1) is 0 Å². The van der Waals surface area contributed by atoms with Gasteiger partial charge in [-0.05, 0) is 24.1 Å². The van der Waals surface area contributed by atoms with E-state index in [1.807, 2.05) is 24.3 Å². The van der Waals surface area contributed by atoms with Gasteiger partial charge in [0.15, 0.2) is 0 Å². The maximum absolute atomic E-state index is 11.7. The first-order valence-electron chi connectivity index (χ1n) is 7.23. The standard InChI is InChI=1S/C15H20N4O3/c16-8-13(20)18-10-14(21)17-9-11-3-5-12(6-4-11)19-7-1-2-15(19)22/h3-6H,1-2,7-10,16H2,(H,17,21)(H,18,20). The number of carbonyl (C=O) groups is 3. The second-order valence-electron chi connectivity index (χ2n) is 5.07. The number of benzene rings is 1. The zero-order valence-electron chi connectivity index (χ0n) is 12.3. The van der Waals surface area contributed by atoms with Gasteiger partial charge in [0.1, 0.15) is 0 Å². The first-order chi connectivity index (χ1) is 10.6. The number of rotatable bonds is 6. The van der Waals surface area contributed by atoms with E-state index in [4.69, 9.17) is 5.73 Å². The monoisotopic (exact) mass is 304 g/mol. The minimum absolute atomic E-state index is 0.0869. The number of amides is 3. The van der Waals surface area contributed by atoms with Crippen molar-refractivity contribution in [2.45, 2.75) is 19.4 Å². The number of hydrogen-bond acceptors (Lipinski definition) is 4. The summed E-state index contributed by atoms with van der Waals surface area (Å²) in [5.41, 5.74) is 6.93. The van der Waals surface area contributed by atoms with Gasteiger partial charge in [-0.25, -0.2) is 0 Å². The lowest BCUT2D eigenvalue weighted by Gasteiger charge is -2.16. The van der Waals surface area contributed by atoms with E-state index in [9.17, 15) is 14.4 Å². The Morgan fingerprint density at radius 1 is 1.14 bits per heavy atom. The number of nitrogens with zero attached hydrogens (tertiary/aromatic N) is 1. The van der Waals surface area contributed by atoms with E-state index in [-0.39, 0.29) is 30.8 Å². The van der Waals surface area contributed by atoms with Gasteiger partial charge >= 0.3 is 0 Å². The Morgan fingerprint density at radius 2 is 1.86 bits per heavy atom. The van der Waals surface area contributed by atoms with Gasteiger partial charge in [0.25, 0.3) is 0 Å². The molecule has 0 saturated carbocycles. The molecule has 118 valence electrons. The number of nitrogens with one attached hydrogen (secondary N) is 2. The summed E-state index contributed by atoms with van der Waals surface area (Å²) >= 11 is 0. The summed E-state index contributed by atoms with van der Waals surface area (Å²) in [6, 6.07) is 7.50. The fourth-order valence-electron chi connectivity index (χ4n) is 2.23. The van der Waals surface area contributed by atoms with Crippen LogP contribution in [-0.2, 0) is 20.9 Å². The highest BCUT2D eigenvalue weighted by atomic mass is 16.2. The fraction of sp³-hybridized carbons (Fsp3) is 0.400. The molecule has 22 heavy (non-hydrogen) atoms. The highest BCUT2D eigenvalue weighted by molar-refractivity contribution is 5.95. The molecular weight excluding hydrogens is 284 g/mol. The van der Waals surface area contributed by atoms with Gasteiger partial charge in [0.2, 0.25) is 17.7 Å². The SMILES string of the molecule is NCC(=O)NCC(=O)NCc1ccc(N2CCCC2=O)cc1. The topological polar surface area (TPSA) is 105 Å². The summed E-state index contributed by atoms with van der Waals surface area (Å²) in [7, 11) is 0. The molecule has 0 aliphatic carbocycles. The Balaban J connectivity index is 1.80. The minimum Gasteiger partial charge on any atom is -0.350 e. The van der Waals surface area contributed by atoms with E-state index in [0.29, 0.717) is 13.0 Å². The molecular formula is C15H20N4O3. The number of anilines is 1. The zero-order valence-corrected chi connectivity index (χ0v) is 12.3. The van der Waals surface area contributed by atoms with Crippen LogP contribution in [0.4, 0.5) is 5.69 Å². The molecule has 2 rings (SSSR count). The smallest absolute Gasteiger partial charge is 0.239 e.